The Bertz CT molecular complexity index is 1640. The number of primary amides is 1. The zero-order chi connectivity index (χ0) is 23.9. The maximum Gasteiger partial charge on any atom is 0.248 e. The first-order chi connectivity index (χ1) is 16.3. The number of benzene rings is 3. The van der Waals surface area contributed by atoms with Gasteiger partial charge in [-0.3, -0.25) is 13.9 Å². The molecule has 0 fully saturated rings. The van der Waals surface area contributed by atoms with Crippen molar-refractivity contribution in [2.45, 2.75) is 0 Å². The highest BCUT2D eigenvalue weighted by molar-refractivity contribution is 7.92. The smallest absolute Gasteiger partial charge is 0.248 e. The maximum absolute atomic E-state index is 11.4. The molecule has 0 radical (unpaired) electrons. The van der Waals surface area contributed by atoms with E-state index in [0.29, 0.717) is 22.7 Å². The number of nitrogens with one attached hydrogen (secondary N) is 2. The molecule has 10 heteroatoms. The SMILES string of the molecule is CS(=O)(=O)Nc1ccc(Nc2nc3ccccc3n3c(-c4ccc(C(N)=O)cc4)cnc23)cc1. The van der Waals surface area contributed by atoms with Crippen molar-refractivity contribution in [1.29, 1.82) is 0 Å². The fourth-order valence-corrected chi connectivity index (χ4v) is 4.31. The van der Waals surface area contributed by atoms with Crippen LogP contribution in [0.15, 0.2) is 79.0 Å². The fraction of sp³-hybridized carbons (Fsp3) is 0.0417. The standard InChI is InChI=1S/C24H20N6O3S/c1-34(32,33)29-18-12-10-17(11-13-18)27-23-24-26-14-21(15-6-8-16(9-7-15)22(25)31)30(24)20-5-3-2-4-19(20)28-23/h2-14,29H,1H3,(H2,25,31)(H,27,28). The molecule has 5 rings (SSSR count). The summed E-state index contributed by atoms with van der Waals surface area (Å²) in [5, 5.41) is 3.29. The van der Waals surface area contributed by atoms with Gasteiger partial charge in [-0.05, 0) is 48.5 Å². The summed E-state index contributed by atoms with van der Waals surface area (Å²) in [6.07, 6.45) is 2.86. The first kappa shape index (κ1) is 21.4. The summed E-state index contributed by atoms with van der Waals surface area (Å²) in [5.74, 6) is 0.0612. The average molecular weight is 473 g/mol. The van der Waals surface area contributed by atoms with Crippen LogP contribution in [0.1, 0.15) is 10.4 Å². The minimum atomic E-state index is -3.35. The van der Waals surface area contributed by atoms with E-state index in [1.165, 1.54) is 0 Å². The van der Waals surface area contributed by atoms with Gasteiger partial charge in [-0.25, -0.2) is 18.4 Å². The summed E-state index contributed by atoms with van der Waals surface area (Å²) >= 11 is 0. The highest BCUT2D eigenvalue weighted by Gasteiger charge is 2.15. The van der Waals surface area contributed by atoms with E-state index < -0.39 is 15.9 Å². The van der Waals surface area contributed by atoms with E-state index in [1.807, 2.05) is 40.8 Å². The average Bonchev–Trinajstić information content (AvgIpc) is 3.25. The van der Waals surface area contributed by atoms with E-state index in [9.17, 15) is 13.2 Å². The largest absolute Gasteiger partial charge is 0.366 e. The maximum atomic E-state index is 11.4. The second-order valence-electron chi connectivity index (χ2n) is 7.77. The van der Waals surface area contributed by atoms with Crippen molar-refractivity contribution in [1.82, 2.24) is 14.4 Å². The Balaban J connectivity index is 1.60. The van der Waals surface area contributed by atoms with Gasteiger partial charge in [0.25, 0.3) is 0 Å². The highest BCUT2D eigenvalue weighted by Crippen LogP contribution is 2.30. The van der Waals surface area contributed by atoms with Gasteiger partial charge in [0, 0.05) is 22.5 Å². The Kier molecular flexibility index (Phi) is 5.14. The summed E-state index contributed by atoms with van der Waals surface area (Å²) in [5.41, 5.74) is 11.0. The van der Waals surface area contributed by atoms with E-state index in [1.54, 1.807) is 42.6 Å². The molecule has 2 aromatic heterocycles. The van der Waals surface area contributed by atoms with Crippen molar-refractivity contribution in [2.24, 2.45) is 5.73 Å². The van der Waals surface area contributed by atoms with Gasteiger partial charge in [-0.1, -0.05) is 24.3 Å². The van der Waals surface area contributed by atoms with Crippen molar-refractivity contribution >= 4 is 49.8 Å². The molecule has 0 unspecified atom stereocenters. The van der Waals surface area contributed by atoms with Crippen LogP contribution in [0, 0.1) is 0 Å². The number of fused-ring (bicyclic) bond motifs is 3. The second-order valence-corrected chi connectivity index (χ2v) is 9.52. The number of anilines is 3. The van der Waals surface area contributed by atoms with Crippen LogP contribution >= 0.6 is 0 Å². The monoisotopic (exact) mass is 472 g/mol. The lowest BCUT2D eigenvalue weighted by atomic mass is 10.1. The Morgan fingerprint density at radius 1 is 0.941 bits per heavy atom. The van der Waals surface area contributed by atoms with Gasteiger partial charge in [-0.2, -0.15) is 0 Å². The van der Waals surface area contributed by atoms with Crippen molar-refractivity contribution in [3.05, 3.63) is 84.6 Å². The molecule has 9 nitrogen and oxygen atoms in total. The molecule has 170 valence electrons. The number of hydrogen-bond acceptors (Lipinski definition) is 6. The Labute approximate surface area is 195 Å². The molecule has 0 saturated heterocycles. The molecule has 5 aromatic rings. The van der Waals surface area contributed by atoms with Crippen molar-refractivity contribution < 1.29 is 13.2 Å². The molecule has 0 atom stereocenters. The molecule has 4 N–H and O–H groups in total. The van der Waals surface area contributed by atoms with Gasteiger partial charge < -0.3 is 11.1 Å². The summed E-state index contributed by atoms with van der Waals surface area (Å²) in [6, 6.07) is 21.6. The number of amides is 1. The van der Waals surface area contributed by atoms with Crippen LogP contribution in [-0.4, -0.2) is 34.9 Å². The second kappa shape index (κ2) is 8.16. The number of nitrogens with two attached hydrogens (primary N) is 1. The number of carbonyl (C=O) groups is 1. The Morgan fingerprint density at radius 3 is 2.29 bits per heavy atom. The molecule has 0 saturated carbocycles. The van der Waals surface area contributed by atoms with Crippen LogP contribution in [0.5, 0.6) is 0 Å². The number of imidazole rings is 1. The summed E-state index contributed by atoms with van der Waals surface area (Å²) in [6.45, 7) is 0. The molecule has 1 amide bonds. The van der Waals surface area contributed by atoms with Crippen LogP contribution < -0.4 is 15.8 Å². The molecule has 0 bridgehead atoms. The third-order valence-electron chi connectivity index (χ3n) is 5.24. The van der Waals surface area contributed by atoms with Crippen LogP contribution in [-0.2, 0) is 10.0 Å². The number of rotatable bonds is 6. The van der Waals surface area contributed by atoms with E-state index >= 15 is 0 Å². The molecular formula is C24H20N6O3S. The summed E-state index contributed by atoms with van der Waals surface area (Å²) in [4.78, 5) is 20.8. The van der Waals surface area contributed by atoms with Crippen LogP contribution in [0.2, 0.25) is 0 Å². The van der Waals surface area contributed by atoms with Gasteiger partial charge in [0.1, 0.15) is 0 Å². The van der Waals surface area contributed by atoms with E-state index in [2.05, 4.69) is 15.0 Å². The predicted octanol–water partition coefficient (Wildman–Crippen LogP) is 3.76. The Morgan fingerprint density at radius 2 is 1.62 bits per heavy atom. The molecular weight excluding hydrogens is 452 g/mol. The van der Waals surface area contributed by atoms with Gasteiger partial charge in [-0.15, -0.1) is 0 Å². The van der Waals surface area contributed by atoms with Crippen LogP contribution in [0.25, 0.3) is 27.9 Å². The van der Waals surface area contributed by atoms with Gasteiger partial charge in [0.15, 0.2) is 11.5 Å². The third-order valence-corrected chi connectivity index (χ3v) is 5.85. The van der Waals surface area contributed by atoms with Crippen LogP contribution in [0.4, 0.5) is 17.2 Å². The number of nitrogens with zero attached hydrogens (tertiary/aromatic N) is 3. The molecule has 0 aliphatic rings. The molecule has 0 aliphatic heterocycles. The zero-order valence-electron chi connectivity index (χ0n) is 18.1. The van der Waals surface area contributed by atoms with Crippen LogP contribution in [0.3, 0.4) is 0 Å². The molecule has 0 aliphatic carbocycles. The molecule has 2 heterocycles. The first-order valence-corrected chi connectivity index (χ1v) is 12.2. The lowest BCUT2D eigenvalue weighted by molar-refractivity contribution is 0.100. The van der Waals surface area contributed by atoms with Gasteiger partial charge in [0.2, 0.25) is 15.9 Å². The first-order valence-electron chi connectivity index (χ1n) is 10.3. The van der Waals surface area contributed by atoms with Gasteiger partial charge >= 0.3 is 0 Å². The number of carbonyl (C=O) groups excluding carboxylic acids is 1. The number of aromatic nitrogens is 3. The quantitative estimate of drug-likeness (QED) is 0.345. The minimum absolute atomic E-state index is 0.431. The molecule has 34 heavy (non-hydrogen) atoms. The van der Waals surface area contributed by atoms with E-state index in [0.717, 1.165) is 34.2 Å². The lowest BCUT2D eigenvalue weighted by Crippen LogP contribution is -2.10. The number of para-hydroxylation sites is 2. The predicted molar refractivity (Wildman–Crippen MR) is 133 cm³/mol. The summed E-state index contributed by atoms with van der Waals surface area (Å²) < 4.78 is 27.3. The molecule has 3 aromatic carbocycles. The van der Waals surface area contributed by atoms with Gasteiger partial charge in [0.05, 0.1) is 29.2 Å². The molecule has 0 spiro atoms. The zero-order valence-corrected chi connectivity index (χ0v) is 18.9. The fourth-order valence-electron chi connectivity index (χ4n) is 3.75. The number of sulfonamides is 1. The van der Waals surface area contributed by atoms with E-state index in [4.69, 9.17) is 10.7 Å². The van der Waals surface area contributed by atoms with Crippen molar-refractivity contribution in [3.63, 3.8) is 0 Å². The Hall–Kier alpha value is -4.44. The number of hydrogen-bond donors (Lipinski definition) is 3. The minimum Gasteiger partial charge on any atom is -0.366 e. The summed E-state index contributed by atoms with van der Waals surface area (Å²) in [7, 11) is -3.35. The topological polar surface area (TPSA) is 131 Å². The van der Waals surface area contributed by atoms with Crippen molar-refractivity contribution in [2.75, 3.05) is 16.3 Å². The van der Waals surface area contributed by atoms with E-state index in [-0.39, 0.29) is 0 Å². The third kappa shape index (κ3) is 4.14. The van der Waals surface area contributed by atoms with Crippen molar-refractivity contribution in [3.8, 4) is 11.3 Å². The lowest BCUT2D eigenvalue weighted by Gasteiger charge is -2.12. The normalized spacial score (nSPS) is 11.6. The highest BCUT2D eigenvalue weighted by atomic mass is 32.2.